The van der Waals surface area contributed by atoms with Gasteiger partial charge in [-0.05, 0) is 25.3 Å². The minimum absolute atomic E-state index is 0.172. The van der Waals surface area contributed by atoms with Gasteiger partial charge >= 0.3 is 0 Å². The molecule has 0 saturated heterocycles. The lowest BCUT2D eigenvalue weighted by Gasteiger charge is -2.07. The van der Waals surface area contributed by atoms with E-state index in [1.807, 2.05) is 0 Å². The zero-order chi connectivity index (χ0) is 8.97. The number of aryl methyl sites for hydroxylation is 1. The predicted octanol–water partition coefficient (Wildman–Crippen LogP) is 3.08. The summed E-state index contributed by atoms with van der Waals surface area (Å²) in [6.07, 6.45) is 8.05. The molecule has 1 aromatic rings. The summed E-state index contributed by atoms with van der Waals surface area (Å²) in [6, 6.07) is 8.31. The largest absolute Gasteiger partial charge is 0.0809 e. The first-order chi connectivity index (χ1) is 5.77. The molecule has 1 unspecified atom stereocenters. The average molecular weight is 157 g/mol. The summed E-state index contributed by atoms with van der Waals surface area (Å²) < 4.78 is 0. The van der Waals surface area contributed by atoms with E-state index in [0.717, 1.165) is 6.42 Å². The lowest BCUT2D eigenvalue weighted by Crippen LogP contribution is -1.92. The molecule has 0 nitrogen and oxygen atoms in total. The van der Waals surface area contributed by atoms with Gasteiger partial charge in [-0.15, -0.1) is 0 Å². The molecule has 0 aliphatic carbocycles. The molecule has 0 aliphatic rings. The van der Waals surface area contributed by atoms with E-state index in [1.165, 1.54) is 11.1 Å². The van der Waals surface area contributed by atoms with Gasteiger partial charge in [-0.1, -0.05) is 42.7 Å². The van der Waals surface area contributed by atoms with Gasteiger partial charge in [0.15, 0.2) is 0 Å². The van der Waals surface area contributed by atoms with Crippen molar-refractivity contribution in [1.82, 2.24) is 0 Å². The molecule has 0 bridgehead atoms. The normalized spacial score (nSPS) is 12.1. The fourth-order valence-corrected chi connectivity index (χ4v) is 1.22. The molecule has 0 fully saturated rings. The van der Waals surface area contributed by atoms with Crippen molar-refractivity contribution >= 4 is 0 Å². The second-order valence-electron chi connectivity index (χ2n) is 3.02. The first-order valence-electron chi connectivity index (χ1n) is 4.26. The second-order valence-corrected chi connectivity index (χ2v) is 3.02. The molecule has 1 atom stereocenters. The molecule has 0 aliphatic heterocycles. The topological polar surface area (TPSA) is 0 Å². The maximum absolute atomic E-state index is 7.10. The highest BCUT2D eigenvalue weighted by Crippen LogP contribution is 2.18. The van der Waals surface area contributed by atoms with Crippen LogP contribution >= 0.6 is 0 Å². The molecule has 12 heavy (non-hydrogen) atoms. The smallest absolute Gasteiger partial charge is 0.0459 e. The van der Waals surface area contributed by atoms with Crippen molar-refractivity contribution in [1.29, 1.82) is 0 Å². The number of hydrogen-bond donors (Lipinski definition) is 0. The monoisotopic (exact) mass is 157 g/mol. The zero-order valence-electron chi connectivity index (χ0n) is 7.59. The van der Waals surface area contributed by atoms with E-state index in [1.54, 1.807) is 0 Å². The van der Waals surface area contributed by atoms with E-state index < -0.39 is 0 Å². The Morgan fingerprint density at radius 1 is 1.33 bits per heavy atom. The molecule has 0 amide bonds. The van der Waals surface area contributed by atoms with Gasteiger partial charge in [0.05, 0.1) is 0 Å². The highest BCUT2D eigenvalue weighted by molar-refractivity contribution is 5.28. The average Bonchev–Trinajstić information content (AvgIpc) is 2.10. The lowest BCUT2D eigenvalue weighted by molar-refractivity contribution is 0.829. The van der Waals surface area contributed by atoms with Crippen LogP contribution in [0.5, 0.6) is 0 Å². The molecule has 1 rings (SSSR count). The number of benzene rings is 1. The van der Waals surface area contributed by atoms with Crippen molar-refractivity contribution in [3.05, 3.63) is 41.8 Å². The molecule has 1 aromatic carbocycles. The highest BCUT2D eigenvalue weighted by Gasteiger charge is 2.03. The minimum atomic E-state index is 0.172. The van der Waals surface area contributed by atoms with Crippen LogP contribution in [0, 0.1) is 19.3 Å². The quantitative estimate of drug-likeness (QED) is 0.579. The molecule has 61 valence electrons. The second kappa shape index (κ2) is 3.97. The first kappa shape index (κ1) is 8.87. The molecule has 0 heterocycles. The van der Waals surface area contributed by atoms with Gasteiger partial charge in [-0.25, -0.2) is 0 Å². The van der Waals surface area contributed by atoms with Crippen LogP contribution in [-0.2, 0) is 0 Å². The van der Waals surface area contributed by atoms with Crippen molar-refractivity contribution in [3.63, 3.8) is 0 Å². The van der Waals surface area contributed by atoms with Gasteiger partial charge in [0, 0.05) is 5.92 Å². The molecule has 0 N–H and O–H groups in total. The molecule has 1 radical (unpaired) electrons. The van der Waals surface area contributed by atoms with Crippen LogP contribution in [0.3, 0.4) is 0 Å². The van der Waals surface area contributed by atoms with Crippen LogP contribution in [0.1, 0.15) is 30.4 Å². The van der Waals surface area contributed by atoms with Crippen LogP contribution < -0.4 is 0 Å². The predicted molar refractivity (Wildman–Crippen MR) is 51.3 cm³/mol. The van der Waals surface area contributed by atoms with Gasteiger partial charge in [0.1, 0.15) is 0 Å². The van der Waals surface area contributed by atoms with Crippen molar-refractivity contribution in [2.75, 3.05) is 0 Å². The van der Waals surface area contributed by atoms with E-state index in [9.17, 15) is 0 Å². The molecule has 0 spiro atoms. The summed E-state index contributed by atoms with van der Waals surface area (Å²) in [7, 11) is 0. The summed E-state index contributed by atoms with van der Waals surface area (Å²) >= 11 is 0. The SMILES string of the molecule is [C]#CC(CC)c1ccc(C)cc1. The highest BCUT2D eigenvalue weighted by atomic mass is 14.1. The summed E-state index contributed by atoms with van der Waals surface area (Å²) in [5, 5.41) is 0. The van der Waals surface area contributed by atoms with Crippen LogP contribution in [0.4, 0.5) is 0 Å². The van der Waals surface area contributed by atoms with E-state index in [4.69, 9.17) is 6.42 Å². The van der Waals surface area contributed by atoms with E-state index in [2.05, 4.69) is 44.0 Å². The molecule has 0 heteroatoms. The Balaban J connectivity index is 2.89. The standard InChI is InChI=1S/C12H13/c1-4-11(5-2)12-8-6-10(3)7-9-12/h6-9,11H,4H2,1,3H3. The summed E-state index contributed by atoms with van der Waals surface area (Å²) in [6.45, 7) is 4.14. The van der Waals surface area contributed by atoms with Crippen LogP contribution in [0.15, 0.2) is 24.3 Å². The van der Waals surface area contributed by atoms with Crippen LogP contribution in [0.2, 0.25) is 0 Å². The maximum atomic E-state index is 7.10. The third kappa shape index (κ3) is 1.89. The Hall–Kier alpha value is -1.22. The third-order valence-corrected chi connectivity index (χ3v) is 2.06. The fraction of sp³-hybridized carbons (Fsp3) is 0.333. The first-order valence-corrected chi connectivity index (χ1v) is 4.26. The Morgan fingerprint density at radius 3 is 2.33 bits per heavy atom. The van der Waals surface area contributed by atoms with Gasteiger partial charge in [0.25, 0.3) is 0 Å². The Morgan fingerprint density at radius 2 is 1.92 bits per heavy atom. The van der Waals surface area contributed by atoms with Gasteiger partial charge in [-0.2, -0.15) is 0 Å². The summed E-state index contributed by atoms with van der Waals surface area (Å²) in [5.41, 5.74) is 2.46. The summed E-state index contributed by atoms with van der Waals surface area (Å²) in [4.78, 5) is 0. The number of hydrogen-bond acceptors (Lipinski definition) is 0. The molecular formula is C12H13. The molecule has 0 aromatic heterocycles. The van der Waals surface area contributed by atoms with Gasteiger partial charge < -0.3 is 0 Å². The van der Waals surface area contributed by atoms with Crippen molar-refractivity contribution < 1.29 is 0 Å². The minimum Gasteiger partial charge on any atom is -0.0809 e. The van der Waals surface area contributed by atoms with Gasteiger partial charge in [-0.3, -0.25) is 0 Å². The fourth-order valence-electron chi connectivity index (χ4n) is 1.22. The van der Waals surface area contributed by atoms with Crippen molar-refractivity contribution in [3.8, 4) is 5.92 Å². The Bertz CT molecular complexity index is 274. The van der Waals surface area contributed by atoms with Crippen molar-refractivity contribution in [2.45, 2.75) is 26.2 Å². The Labute approximate surface area is 74.6 Å². The van der Waals surface area contributed by atoms with E-state index in [-0.39, 0.29) is 5.92 Å². The molecular weight excluding hydrogens is 144 g/mol. The molecule has 0 saturated carbocycles. The maximum Gasteiger partial charge on any atom is 0.0459 e. The lowest BCUT2D eigenvalue weighted by atomic mass is 9.97. The van der Waals surface area contributed by atoms with Gasteiger partial charge in [0.2, 0.25) is 0 Å². The van der Waals surface area contributed by atoms with Crippen LogP contribution in [0.25, 0.3) is 0 Å². The van der Waals surface area contributed by atoms with E-state index >= 15 is 0 Å². The van der Waals surface area contributed by atoms with Crippen LogP contribution in [-0.4, -0.2) is 0 Å². The zero-order valence-corrected chi connectivity index (χ0v) is 7.59. The summed E-state index contributed by atoms with van der Waals surface area (Å²) in [5.74, 6) is 2.71. The van der Waals surface area contributed by atoms with Crippen molar-refractivity contribution in [2.24, 2.45) is 0 Å². The van der Waals surface area contributed by atoms with E-state index in [0.29, 0.717) is 0 Å². The number of rotatable bonds is 2. The Kier molecular flexibility index (Phi) is 2.94. The third-order valence-electron chi connectivity index (χ3n) is 2.06.